The molecule has 1 unspecified atom stereocenters. The summed E-state index contributed by atoms with van der Waals surface area (Å²) < 4.78 is 0. The number of rotatable bonds is 5. The Kier molecular flexibility index (Phi) is 5.62. The maximum atomic E-state index is 11.6. The highest BCUT2D eigenvalue weighted by Gasteiger charge is 2.15. The fourth-order valence-electron chi connectivity index (χ4n) is 2.09. The van der Waals surface area contributed by atoms with Crippen molar-refractivity contribution in [2.75, 3.05) is 6.54 Å². The van der Waals surface area contributed by atoms with Gasteiger partial charge in [0.1, 0.15) is 0 Å². The molecular weight excluding hydrogens is 307 g/mol. The number of nitrogens with two attached hydrogens (primary N) is 1. The Labute approximate surface area is 134 Å². The number of nitrogens with one attached hydrogen (secondary N) is 1. The number of halogens is 2. The first-order valence-corrected chi connectivity index (χ1v) is 7.34. The van der Waals surface area contributed by atoms with Gasteiger partial charge < -0.3 is 11.1 Å². The SMILES string of the molecule is NCC(=O)NC(Cc1ccc(Cl)c(Cl)c1)c1ccccc1. The van der Waals surface area contributed by atoms with Crippen LogP contribution in [0.25, 0.3) is 0 Å². The van der Waals surface area contributed by atoms with Crippen LogP contribution in [-0.2, 0) is 11.2 Å². The molecule has 2 aromatic carbocycles. The normalized spacial score (nSPS) is 12.0. The first-order valence-electron chi connectivity index (χ1n) is 6.58. The van der Waals surface area contributed by atoms with Gasteiger partial charge in [0.15, 0.2) is 0 Å². The standard InChI is InChI=1S/C16H16Cl2N2O/c17-13-7-6-11(8-14(13)18)9-15(20-16(21)10-19)12-4-2-1-3-5-12/h1-8,15H,9-10,19H2,(H,20,21). The van der Waals surface area contributed by atoms with Crippen LogP contribution < -0.4 is 11.1 Å². The third kappa shape index (κ3) is 4.46. The van der Waals surface area contributed by atoms with Gasteiger partial charge in [-0.05, 0) is 29.7 Å². The van der Waals surface area contributed by atoms with Crippen LogP contribution in [0.3, 0.4) is 0 Å². The summed E-state index contributed by atoms with van der Waals surface area (Å²) in [4.78, 5) is 11.6. The van der Waals surface area contributed by atoms with Gasteiger partial charge in [0.25, 0.3) is 0 Å². The predicted octanol–water partition coefficient (Wildman–Crippen LogP) is 3.35. The van der Waals surface area contributed by atoms with Gasteiger partial charge in [0.05, 0.1) is 22.6 Å². The van der Waals surface area contributed by atoms with Crippen molar-refractivity contribution in [1.82, 2.24) is 5.32 Å². The minimum atomic E-state index is -0.191. The molecule has 2 aromatic rings. The van der Waals surface area contributed by atoms with E-state index in [2.05, 4.69) is 5.32 Å². The fraction of sp³-hybridized carbons (Fsp3) is 0.188. The Hall–Kier alpha value is -1.55. The maximum absolute atomic E-state index is 11.6. The topological polar surface area (TPSA) is 55.1 Å². The lowest BCUT2D eigenvalue weighted by Gasteiger charge is -2.19. The van der Waals surface area contributed by atoms with Gasteiger partial charge in [-0.15, -0.1) is 0 Å². The summed E-state index contributed by atoms with van der Waals surface area (Å²) in [6.07, 6.45) is 0.618. The number of benzene rings is 2. The Bertz CT molecular complexity index is 617. The molecule has 1 atom stereocenters. The molecular formula is C16H16Cl2N2O. The summed E-state index contributed by atoms with van der Waals surface area (Å²) in [5.74, 6) is -0.191. The second-order valence-electron chi connectivity index (χ2n) is 4.69. The lowest BCUT2D eigenvalue weighted by molar-refractivity contribution is -0.120. The molecule has 21 heavy (non-hydrogen) atoms. The van der Waals surface area contributed by atoms with Crippen LogP contribution in [0.4, 0.5) is 0 Å². The molecule has 3 N–H and O–H groups in total. The van der Waals surface area contributed by atoms with E-state index in [9.17, 15) is 4.79 Å². The van der Waals surface area contributed by atoms with E-state index in [1.165, 1.54) is 0 Å². The Morgan fingerprint density at radius 1 is 1.10 bits per heavy atom. The molecule has 5 heteroatoms. The molecule has 0 radical (unpaired) electrons. The van der Waals surface area contributed by atoms with Crippen molar-refractivity contribution in [2.45, 2.75) is 12.5 Å². The molecule has 3 nitrogen and oxygen atoms in total. The summed E-state index contributed by atoms with van der Waals surface area (Å²) in [6, 6.07) is 15.1. The molecule has 0 heterocycles. The van der Waals surface area contributed by atoms with Crippen molar-refractivity contribution in [2.24, 2.45) is 5.73 Å². The predicted molar refractivity (Wildman–Crippen MR) is 86.5 cm³/mol. The van der Waals surface area contributed by atoms with E-state index in [1.54, 1.807) is 6.07 Å². The van der Waals surface area contributed by atoms with Crippen molar-refractivity contribution < 1.29 is 4.79 Å². The van der Waals surface area contributed by atoms with Gasteiger partial charge in [0, 0.05) is 0 Å². The fourth-order valence-corrected chi connectivity index (χ4v) is 2.41. The second kappa shape index (κ2) is 7.46. The third-order valence-electron chi connectivity index (χ3n) is 3.15. The summed E-state index contributed by atoms with van der Waals surface area (Å²) >= 11 is 12.0. The quantitative estimate of drug-likeness (QED) is 0.886. The molecule has 110 valence electrons. The number of hydrogen-bond acceptors (Lipinski definition) is 2. The van der Waals surface area contributed by atoms with Crippen LogP contribution in [0.5, 0.6) is 0 Å². The summed E-state index contributed by atoms with van der Waals surface area (Å²) in [5, 5.41) is 3.95. The van der Waals surface area contributed by atoms with Gasteiger partial charge in [-0.25, -0.2) is 0 Å². The van der Waals surface area contributed by atoms with Crippen molar-refractivity contribution in [1.29, 1.82) is 0 Å². The van der Waals surface area contributed by atoms with Gasteiger partial charge in [-0.1, -0.05) is 59.6 Å². The molecule has 0 aliphatic carbocycles. The smallest absolute Gasteiger partial charge is 0.234 e. The zero-order chi connectivity index (χ0) is 15.2. The first kappa shape index (κ1) is 15.8. The Balaban J connectivity index is 2.23. The van der Waals surface area contributed by atoms with Crippen LogP contribution in [0, 0.1) is 0 Å². The Morgan fingerprint density at radius 3 is 2.43 bits per heavy atom. The van der Waals surface area contributed by atoms with Gasteiger partial charge in [0.2, 0.25) is 5.91 Å². The van der Waals surface area contributed by atoms with Gasteiger partial charge >= 0.3 is 0 Å². The molecule has 0 aromatic heterocycles. The molecule has 0 bridgehead atoms. The zero-order valence-corrected chi connectivity index (χ0v) is 12.9. The van der Waals surface area contributed by atoms with Gasteiger partial charge in [-0.2, -0.15) is 0 Å². The highest BCUT2D eigenvalue weighted by atomic mass is 35.5. The van der Waals surface area contributed by atoms with E-state index in [4.69, 9.17) is 28.9 Å². The van der Waals surface area contributed by atoms with Crippen LogP contribution >= 0.6 is 23.2 Å². The molecule has 0 fully saturated rings. The van der Waals surface area contributed by atoms with Crippen molar-refractivity contribution in [3.05, 3.63) is 69.7 Å². The number of carbonyl (C=O) groups excluding carboxylic acids is 1. The number of amides is 1. The highest BCUT2D eigenvalue weighted by Crippen LogP contribution is 2.25. The average molecular weight is 323 g/mol. The molecule has 0 aliphatic heterocycles. The van der Waals surface area contributed by atoms with E-state index in [-0.39, 0.29) is 18.5 Å². The monoisotopic (exact) mass is 322 g/mol. The highest BCUT2D eigenvalue weighted by molar-refractivity contribution is 6.42. The molecule has 0 saturated heterocycles. The first-order chi connectivity index (χ1) is 10.1. The second-order valence-corrected chi connectivity index (χ2v) is 5.50. The van der Waals surface area contributed by atoms with Crippen LogP contribution in [0.15, 0.2) is 48.5 Å². The number of carbonyl (C=O) groups is 1. The van der Waals surface area contributed by atoms with Crippen LogP contribution in [0.2, 0.25) is 10.0 Å². The summed E-state index contributed by atoms with van der Waals surface area (Å²) in [7, 11) is 0. The third-order valence-corrected chi connectivity index (χ3v) is 3.89. The van der Waals surface area contributed by atoms with Crippen molar-refractivity contribution in [3.63, 3.8) is 0 Å². The van der Waals surface area contributed by atoms with Crippen molar-refractivity contribution >= 4 is 29.1 Å². The van der Waals surface area contributed by atoms with E-state index in [1.807, 2.05) is 42.5 Å². The number of hydrogen-bond donors (Lipinski definition) is 2. The maximum Gasteiger partial charge on any atom is 0.234 e. The Morgan fingerprint density at radius 2 is 1.81 bits per heavy atom. The van der Waals surface area contributed by atoms with E-state index < -0.39 is 0 Å². The largest absolute Gasteiger partial charge is 0.348 e. The van der Waals surface area contributed by atoms with E-state index >= 15 is 0 Å². The lowest BCUT2D eigenvalue weighted by Crippen LogP contribution is -2.34. The molecule has 0 saturated carbocycles. The van der Waals surface area contributed by atoms with Gasteiger partial charge in [-0.3, -0.25) is 4.79 Å². The van der Waals surface area contributed by atoms with E-state index in [0.29, 0.717) is 16.5 Å². The van der Waals surface area contributed by atoms with Crippen LogP contribution in [-0.4, -0.2) is 12.5 Å². The summed E-state index contributed by atoms with van der Waals surface area (Å²) in [5.41, 5.74) is 7.40. The van der Waals surface area contributed by atoms with Crippen molar-refractivity contribution in [3.8, 4) is 0 Å². The average Bonchev–Trinajstić information content (AvgIpc) is 2.51. The molecule has 1 amide bonds. The van der Waals surface area contributed by atoms with Crippen LogP contribution in [0.1, 0.15) is 17.2 Å². The zero-order valence-electron chi connectivity index (χ0n) is 11.4. The molecule has 0 aliphatic rings. The minimum Gasteiger partial charge on any atom is -0.348 e. The summed E-state index contributed by atoms with van der Waals surface area (Å²) in [6.45, 7) is -0.0370. The minimum absolute atomic E-state index is 0.0370. The van der Waals surface area contributed by atoms with E-state index in [0.717, 1.165) is 11.1 Å². The lowest BCUT2D eigenvalue weighted by atomic mass is 9.99. The molecule has 0 spiro atoms. The molecule has 2 rings (SSSR count).